The van der Waals surface area contributed by atoms with Crippen molar-refractivity contribution in [3.8, 4) is 0 Å². The summed E-state index contributed by atoms with van der Waals surface area (Å²) < 4.78 is 0. The van der Waals surface area contributed by atoms with Crippen molar-refractivity contribution in [3.05, 3.63) is 29.3 Å². The van der Waals surface area contributed by atoms with Crippen molar-refractivity contribution >= 4 is 5.69 Å². The van der Waals surface area contributed by atoms with E-state index in [0.717, 1.165) is 18.5 Å². The van der Waals surface area contributed by atoms with E-state index in [2.05, 4.69) is 28.4 Å². The summed E-state index contributed by atoms with van der Waals surface area (Å²) >= 11 is 0. The van der Waals surface area contributed by atoms with Crippen LogP contribution in [0.2, 0.25) is 0 Å². The number of nitrogens with one attached hydrogen (secondary N) is 1. The van der Waals surface area contributed by atoms with Crippen LogP contribution < -0.4 is 5.32 Å². The van der Waals surface area contributed by atoms with Gasteiger partial charge in [0.1, 0.15) is 0 Å². The van der Waals surface area contributed by atoms with Crippen LogP contribution in [0.4, 0.5) is 5.69 Å². The second-order valence-electron chi connectivity index (χ2n) is 6.84. The monoisotopic (exact) mass is 270 g/mol. The Morgan fingerprint density at radius 1 is 1.10 bits per heavy atom. The summed E-state index contributed by atoms with van der Waals surface area (Å²) in [5.74, 6) is 1.00. The van der Waals surface area contributed by atoms with E-state index in [9.17, 15) is 0 Å². The quantitative estimate of drug-likeness (QED) is 0.879. The molecule has 0 spiro atoms. The molecule has 0 aromatic heterocycles. The van der Waals surface area contributed by atoms with Crippen molar-refractivity contribution in [1.29, 1.82) is 0 Å². The van der Waals surface area contributed by atoms with Gasteiger partial charge in [-0.1, -0.05) is 18.6 Å². The normalized spacial score (nSPS) is 29.6. The van der Waals surface area contributed by atoms with E-state index in [0.29, 0.717) is 0 Å². The molecule has 2 nitrogen and oxygen atoms in total. The first-order chi connectivity index (χ1) is 9.92. The lowest BCUT2D eigenvalue weighted by molar-refractivity contribution is 0.105. The van der Waals surface area contributed by atoms with Crippen LogP contribution in [0.3, 0.4) is 0 Å². The molecule has 0 amide bonds. The van der Waals surface area contributed by atoms with E-state index >= 15 is 0 Å². The number of hydrogen-bond acceptors (Lipinski definition) is 2. The van der Waals surface area contributed by atoms with E-state index < -0.39 is 0 Å². The molecule has 1 aromatic rings. The van der Waals surface area contributed by atoms with Crippen LogP contribution in [0, 0.1) is 5.92 Å². The van der Waals surface area contributed by atoms with Crippen LogP contribution in [-0.4, -0.2) is 24.0 Å². The summed E-state index contributed by atoms with van der Waals surface area (Å²) in [7, 11) is 0. The predicted molar refractivity (Wildman–Crippen MR) is 84.0 cm³/mol. The Kier molecular flexibility index (Phi) is 3.43. The van der Waals surface area contributed by atoms with Crippen molar-refractivity contribution in [2.45, 2.75) is 57.5 Å². The van der Waals surface area contributed by atoms with Gasteiger partial charge < -0.3 is 5.32 Å². The molecule has 0 radical (unpaired) electrons. The smallest absolute Gasteiger partial charge is 0.0375 e. The van der Waals surface area contributed by atoms with E-state index in [1.54, 1.807) is 11.1 Å². The topological polar surface area (TPSA) is 15.3 Å². The molecule has 1 saturated carbocycles. The highest BCUT2D eigenvalue weighted by Crippen LogP contribution is 2.38. The van der Waals surface area contributed by atoms with Gasteiger partial charge in [-0.05, 0) is 68.2 Å². The maximum Gasteiger partial charge on any atom is 0.0375 e. The molecule has 108 valence electrons. The molecule has 2 heteroatoms. The molecule has 2 aliphatic heterocycles. The zero-order valence-electron chi connectivity index (χ0n) is 12.4. The lowest BCUT2D eigenvalue weighted by Crippen LogP contribution is -2.42. The van der Waals surface area contributed by atoms with Crippen LogP contribution in [0.5, 0.6) is 0 Å². The van der Waals surface area contributed by atoms with E-state index in [4.69, 9.17) is 0 Å². The number of anilines is 1. The van der Waals surface area contributed by atoms with Crippen LogP contribution >= 0.6 is 0 Å². The molecular formula is C18H26N2. The number of benzene rings is 1. The fraction of sp³-hybridized carbons (Fsp3) is 0.667. The number of piperidine rings is 1. The predicted octanol–water partition coefficient (Wildman–Crippen LogP) is 3.81. The fourth-order valence-corrected chi connectivity index (χ4v) is 4.70. The lowest BCUT2D eigenvalue weighted by Gasteiger charge is -2.38. The molecule has 1 aliphatic carbocycles. The summed E-state index contributed by atoms with van der Waals surface area (Å²) in [4.78, 5) is 2.80. The van der Waals surface area contributed by atoms with Crippen molar-refractivity contribution in [2.24, 2.45) is 5.92 Å². The minimum Gasteiger partial charge on any atom is -0.385 e. The third kappa shape index (κ3) is 2.24. The Morgan fingerprint density at radius 3 is 3.05 bits per heavy atom. The van der Waals surface area contributed by atoms with Crippen molar-refractivity contribution in [3.63, 3.8) is 0 Å². The van der Waals surface area contributed by atoms with Gasteiger partial charge in [0, 0.05) is 24.8 Å². The highest BCUT2D eigenvalue weighted by atomic mass is 15.2. The molecular weight excluding hydrogens is 244 g/mol. The van der Waals surface area contributed by atoms with Gasteiger partial charge in [0.2, 0.25) is 0 Å². The Morgan fingerprint density at radius 2 is 2.05 bits per heavy atom. The van der Waals surface area contributed by atoms with Gasteiger partial charge in [-0.25, -0.2) is 0 Å². The number of fused-ring (bicyclic) bond motifs is 2. The van der Waals surface area contributed by atoms with Crippen LogP contribution in [0.25, 0.3) is 0 Å². The van der Waals surface area contributed by atoms with Gasteiger partial charge in [0.25, 0.3) is 0 Å². The van der Waals surface area contributed by atoms with Crippen LogP contribution in [-0.2, 0) is 13.0 Å². The van der Waals surface area contributed by atoms with Gasteiger partial charge in [-0.15, -0.1) is 0 Å². The minimum absolute atomic E-state index is 0.885. The first-order valence-corrected chi connectivity index (χ1v) is 8.50. The Hall–Kier alpha value is -1.02. The summed E-state index contributed by atoms with van der Waals surface area (Å²) in [6.45, 7) is 3.65. The SMILES string of the molecule is c1cc(CN2CCCC3CCCC32)c2c(c1)NCCC2. The summed E-state index contributed by atoms with van der Waals surface area (Å²) in [6.07, 6.45) is 9.83. The molecule has 4 rings (SSSR count). The summed E-state index contributed by atoms with van der Waals surface area (Å²) in [5.41, 5.74) is 4.58. The highest BCUT2D eigenvalue weighted by Gasteiger charge is 2.35. The first-order valence-electron chi connectivity index (χ1n) is 8.50. The molecule has 2 heterocycles. The number of nitrogens with zero attached hydrogens (tertiary/aromatic N) is 1. The zero-order valence-corrected chi connectivity index (χ0v) is 12.4. The van der Waals surface area contributed by atoms with Gasteiger partial charge in [0.05, 0.1) is 0 Å². The van der Waals surface area contributed by atoms with Gasteiger partial charge in [-0.2, -0.15) is 0 Å². The molecule has 2 atom stereocenters. The minimum atomic E-state index is 0.885. The molecule has 0 bridgehead atoms. The molecule has 2 unspecified atom stereocenters. The number of rotatable bonds is 2. The van der Waals surface area contributed by atoms with Crippen LogP contribution in [0.15, 0.2) is 18.2 Å². The van der Waals surface area contributed by atoms with E-state index in [-0.39, 0.29) is 0 Å². The van der Waals surface area contributed by atoms with Gasteiger partial charge >= 0.3 is 0 Å². The second kappa shape index (κ2) is 5.40. The summed E-state index contributed by atoms with van der Waals surface area (Å²) in [6, 6.07) is 7.75. The fourth-order valence-electron chi connectivity index (χ4n) is 4.70. The first kappa shape index (κ1) is 12.7. The second-order valence-corrected chi connectivity index (χ2v) is 6.84. The Labute approximate surface area is 122 Å². The van der Waals surface area contributed by atoms with Crippen LogP contribution in [0.1, 0.15) is 49.7 Å². The Balaban J connectivity index is 1.56. The third-order valence-corrected chi connectivity index (χ3v) is 5.67. The molecule has 3 aliphatic rings. The number of likely N-dealkylation sites (tertiary alicyclic amines) is 1. The van der Waals surface area contributed by atoms with Crippen molar-refractivity contribution in [1.82, 2.24) is 4.90 Å². The molecule has 1 saturated heterocycles. The Bertz CT molecular complexity index is 482. The largest absolute Gasteiger partial charge is 0.385 e. The van der Waals surface area contributed by atoms with Gasteiger partial charge in [-0.3, -0.25) is 4.90 Å². The van der Waals surface area contributed by atoms with Gasteiger partial charge in [0.15, 0.2) is 0 Å². The highest BCUT2D eigenvalue weighted by molar-refractivity contribution is 5.56. The zero-order chi connectivity index (χ0) is 13.4. The van der Waals surface area contributed by atoms with Crippen molar-refractivity contribution in [2.75, 3.05) is 18.4 Å². The standard InChI is InChI=1S/C18H26N2/c1-6-15(16-8-3-11-19-17(16)9-1)13-20-12-4-7-14-5-2-10-18(14)20/h1,6,9,14,18-19H,2-5,7-8,10-13H2. The van der Waals surface area contributed by atoms with Crippen molar-refractivity contribution < 1.29 is 0 Å². The molecule has 1 N–H and O–H groups in total. The van der Waals surface area contributed by atoms with E-state index in [1.165, 1.54) is 63.7 Å². The molecule has 2 fully saturated rings. The third-order valence-electron chi connectivity index (χ3n) is 5.67. The maximum atomic E-state index is 3.57. The number of hydrogen-bond donors (Lipinski definition) is 1. The molecule has 1 aromatic carbocycles. The average Bonchev–Trinajstić information content (AvgIpc) is 2.97. The maximum absolute atomic E-state index is 3.57. The average molecular weight is 270 g/mol. The van der Waals surface area contributed by atoms with E-state index in [1.807, 2.05) is 0 Å². The molecule has 20 heavy (non-hydrogen) atoms. The lowest BCUT2D eigenvalue weighted by atomic mass is 9.90. The summed E-state index contributed by atoms with van der Waals surface area (Å²) in [5, 5.41) is 3.57.